The van der Waals surface area contributed by atoms with Gasteiger partial charge >= 0.3 is 0 Å². The van der Waals surface area contributed by atoms with Gasteiger partial charge in [0.05, 0.1) is 31.0 Å². The Bertz CT molecular complexity index is 860. The zero-order valence-corrected chi connectivity index (χ0v) is 15.1. The van der Waals surface area contributed by atoms with Crippen LogP contribution in [0.15, 0.2) is 59.6 Å². The van der Waals surface area contributed by atoms with Gasteiger partial charge in [-0.05, 0) is 42.3 Å². The van der Waals surface area contributed by atoms with Crippen molar-refractivity contribution in [3.63, 3.8) is 0 Å². The molecule has 4 rings (SSSR count). The number of hydrogen-bond donors (Lipinski definition) is 1. The molecule has 1 atom stereocenters. The van der Waals surface area contributed by atoms with Gasteiger partial charge in [-0.2, -0.15) is 5.10 Å². The van der Waals surface area contributed by atoms with E-state index in [-0.39, 0.29) is 11.9 Å². The maximum absolute atomic E-state index is 12.5. The molecule has 0 unspecified atom stereocenters. The highest BCUT2D eigenvalue weighted by Gasteiger charge is 2.27. The molecular formula is C20H23N5O2. The van der Waals surface area contributed by atoms with Crippen LogP contribution < -0.4 is 5.32 Å². The molecule has 0 bridgehead atoms. The smallest absolute Gasteiger partial charge is 0.222 e. The first kappa shape index (κ1) is 17.5. The maximum atomic E-state index is 12.5. The lowest BCUT2D eigenvalue weighted by Crippen LogP contribution is -2.39. The third-order valence-corrected chi connectivity index (χ3v) is 4.82. The number of nitrogens with zero attached hydrogens (tertiary/aromatic N) is 4. The lowest BCUT2D eigenvalue weighted by molar-refractivity contribution is -0.122. The van der Waals surface area contributed by atoms with Crippen LogP contribution in [0, 0.1) is 0 Å². The third kappa shape index (κ3) is 4.43. The van der Waals surface area contributed by atoms with Crippen LogP contribution in [0.4, 0.5) is 0 Å². The number of aromatic nitrogens is 3. The van der Waals surface area contributed by atoms with Gasteiger partial charge in [-0.3, -0.25) is 19.4 Å². The number of carbonyl (C=O) groups excluding carboxylic acids is 1. The molecule has 1 aliphatic heterocycles. The number of nitrogens with one attached hydrogen (secondary N) is 1. The first-order valence-electron chi connectivity index (χ1n) is 9.20. The minimum absolute atomic E-state index is 0.0274. The fourth-order valence-corrected chi connectivity index (χ4v) is 3.54. The summed E-state index contributed by atoms with van der Waals surface area (Å²) in [4.78, 5) is 18.8. The Balaban J connectivity index is 1.33. The van der Waals surface area contributed by atoms with E-state index < -0.39 is 0 Å². The normalized spacial score (nSPS) is 16.8. The van der Waals surface area contributed by atoms with E-state index in [2.05, 4.69) is 20.3 Å². The zero-order valence-electron chi connectivity index (χ0n) is 15.1. The SMILES string of the molecule is O=C(C[C@@H]1CN(Cc2ccco2)Cc2ccnn21)NCCc1ccncc1. The Morgan fingerprint density at radius 3 is 2.93 bits per heavy atom. The van der Waals surface area contributed by atoms with E-state index in [1.807, 2.05) is 35.0 Å². The van der Waals surface area contributed by atoms with Crippen molar-refractivity contribution in [2.45, 2.75) is 32.0 Å². The Hall–Kier alpha value is -2.93. The summed E-state index contributed by atoms with van der Waals surface area (Å²) in [5, 5.41) is 7.45. The molecule has 0 aliphatic carbocycles. The highest BCUT2D eigenvalue weighted by Crippen LogP contribution is 2.24. The molecule has 3 aromatic rings. The van der Waals surface area contributed by atoms with Gasteiger partial charge in [-0.15, -0.1) is 0 Å². The lowest BCUT2D eigenvalue weighted by atomic mass is 10.1. The van der Waals surface area contributed by atoms with E-state index in [1.165, 1.54) is 5.56 Å². The molecule has 7 nitrogen and oxygen atoms in total. The molecule has 1 aliphatic rings. The van der Waals surface area contributed by atoms with Crippen LogP contribution in [0.5, 0.6) is 0 Å². The Kier molecular flexibility index (Phi) is 5.29. The first-order chi connectivity index (χ1) is 13.3. The van der Waals surface area contributed by atoms with Crippen LogP contribution in [0.1, 0.15) is 29.5 Å². The maximum Gasteiger partial charge on any atom is 0.222 e. The summed E-state index contributed by atoms with van der Waals surface area (Å²) in [6.45, 7) is 2.93. The highest BCUT2D eigenvalue weighted by atomic mass is 16.3. The fourth-order valence-electron chi connectivity index (χ4n) is 3.54. The summed E-state index contributed by atoms with van der Waals surface area (Å²) < 4.78 is 7.46. The summed E-state index contributed by atoms with van der Waals surface area (Å²) in [7, 11) is 0. The minimum atomic E-state index is 0.0274. The number of amides is 1. The lowest BCUT2D eigenvalue weighted by Gasteiger charge is -2.33. The summed E-state index contributed by atoms with van der Waals surface area (Å²) in [5.74, 6) is 0.985. The van der Waals surface area contributed by atoms with E-state index in [1.54, 1.807) is 24.9 Å². The molecule has 1 amide bonds. The average molecular weight is 365 g/mol. The summed E-state index contributed by atoms with van der Waals surface area (Å²) in [5.41, 5.74) is 2.30. The number of furan rings is 1. The first-order valence-corrected chi connectivity index (χ1v) is 9.20. The standard InChI is InChI=1S/C20H23N5O2/c26-20(22-9-5-16-3-7-21-8-4-16)12-18-14-24(15-19-2-1-11-27-19)13-17-6-10-23-25(17)18/h1-4,6-8,10-11,18H,5,9,12-15H2,(H,22,26)/t18-/m1/s1. The number of hydrogen-bond acceptors (Lipinski definition) is 5. The van der Waals surface area contributed by atoms with Gasteiger partial charge in [-0.25, -0.2) is 0 Å². The van der Waals surface area contributed by atoms with Crippen molar-refractivity contribution in [1.29, 1.82) is 0 Å². The molecule has 4 heterocycles. The predicted octanol–water partition coefficient (Wildman–Crippen LogP) is 2.18. The van der Waals surface area contributed by atoms with Crippen molar-refractivity contribution in [2.24, 2.45) is 0 Å². The molecule has 1 N–H and O–H groups in total. The van der Waals surface area contributed by atoms with Crippen molar-refractivity contribution in [1.82, 2.24) is 25.0 Å². The van der Waals surface area contributed by atoms with E-state index in [0.717, 1.165) is 37.5 Å². The van der Waals surface area contributed by atoms with Gasteiger partial charge in [0.25, 0.3) is 0 Å². The van der Waals surface area contributed by atoms with Crippen molar-refractivity contribution in [2.75, 3.05) is 13.1 Å². The van der Waals surface area contributed by atoms with Crippen LogP contribution in [0.3, 0.4) is 0 Å². The van der Waals surface area contributed by atoms with Gasteiger partial charge in [0.1, 0.15) is 5.76 Å². The molecule has 140 valence electrons. The molecular weight excluding hydrogens is 342 g/mol. The quantitative estimate of drug-likeness (QED) is 0.694. The summed E-state index contributed by atoms with van der Waals surface area (Å²) in [6, 6.07) is 9.86. The average Bonchev–Trinajstić information content (AvgIpc) is 3.34. The van der Waals surface area contributed by atoms with Gasteiger partial charge < -0.3 is 9.73 Å². The molecule has 0 spiro atoms. The number of rotatable bonds is 7. The third-order valence-electron chi connectivity index (χ3n) is 4.82. The molecule has 0 saturated carbocycles. The van der Waals surface area contributed by atoms with E-state index in [4.69, 9.17) is 4.42 Å². The molecule has 7 heteroatoms. The summed E-state index contributed by atoms with van der Waals surface area (Å²) >= 11 is 0. The van der Waals surface area contributed by atoms with Crippen molar-refractivity contribution in [3.05, 3.63) is 72.2 Å². The van der Waals surface area contributed by atoms with E-state index >= 15 is 0 Å². The molecule has 3 aromatic heterocycles. The van der Waals surface area contributed by atoms with Crippen molar-refractivity contribution in [3.8, 4) is 0 Å². The number of pyridine rings is 1. The highest BCUT2D eigenvalue weighted by molar-refractivity contribution is 5.76. The minimum Gasteiger partial charge on any atom is -0.468 e. The molecule has 0 saturated heterocycles. The topological polar surface area (TPSA) is 76.2 Å². The van der Waals surface area contributed by atoms with Gasteiger partial charge in [-0.1, -0.05) is 0 Å². The fraction of sp³-hybridized carbons (Fsp3) is 0.350. The van der Waals surface area contributed by atoms with E-state index in [9.17, 15) is 4.79 Å². The predicted molar refractivity (Wildman–Crippen MR) is 99.7 cm³/mol. The Morgan fingerprint density at radius 2 is 2.11 bits per heavy atom. The van der Waals surface area contributed by atoms with Crippen LogP contribution in [0.2, 0.25) is 0 Å². The summed E-state index contributed by atoms with van der Waals surface area (Å²) in [6.07, 6.45) is 8.26. The van der Waals surface area contributed by atoms with Crippen molar-refractivity contribution < 1.29 is 9.21 Å². The molecule has 0 radical (unpaired) electrons. The zero-order chi connectivity index (χ0) is 18.5. The van der Waals surface area contributed by atoms with Crippen LogP contribution >= 0.6 is 0 Å². The van der Waals surface area contributed by atoms with Crippen LogP contribution in [-0.4, -0.2) is 38.7 Å². The van der Waals surface area contributed by atoms with Gasteiger partial charge in [0.2, 0.25) is 5.91 Å². The second-order valence-electron chi connectivity index (χ2n) is 6.83. The Morgan fingerprint density at radius 1 is 1.22 bits per heavy atom. The molecule has 0 fully saturated rings. The number of fused-ring (bicyclic) bond motifs is 1. The van der Waals surface area contributed by atoms with Gasteiger partial charge in [0, 0.05) is 38.2 Å². The monoisotopic (exact) mass is 365 g/mol. The van der Waals surface area contributed by atoms with E-state index in [0.29, 0.717) is 13.0 Å². The second kappa shape index (κ2) is 8.18. The number of carbonyl (C=O) groups is 1. The molecule has 27 heavy (non-hydrogen) atoms. The molecule has 0 aromatic carbocycles. The van der Waals surface area contributed by atoms with Gasteiger partial charge in [0.15, 0.2) is 0 Å². The van der Waals surface area contributed by atoms with Crippen LogP contribution in [0.25, 0.3) is 0 Å². The van der Waals surface area contributed by atoms with Crippen molar-refractivity contribution >= 4 is 5.91 Å². The Labute approximate surface area is 158 Å². The largest absolute Gasteiger partial charge is 0.468 e. The van der Waals surface area contributed by atoms with Crippen LogP contribution in [-0.2, 0) is 24.3 Å². The second-order valence-corrected chi connectivity index (χ2v) is 6.83.